The highest BCUT2D eigenvalue weighted by molar-refractivity contribution is 5.85. The molecule has 9 heteroatoms. The Hall–Kier alpha value is -2.06. The molecule has 2 N–H and O–H groups in total. The lowest BCUT2D eigenvalue weighted by molar-refractivity contribution is -0.123. The molecule has 0 bridgehead atoms. The fourth-order valence-corrected chi connectivity index (χ4v) is 2.57. The zero-order chi connectivity index (χ0) is 17.2. The first-order valence-electron chi connectivity index (χ1n) is 7.62. The number of benzene rings is 1. The van der Waals surface area contributed by atoms with Crippen LogP contribution in [0.3, 0.4) is 0 Å². The van der Waals surface area contributed by atoms with E-state index in [9.17, 15) is 18.0 Å². The number of nitrogens with one attached hydrogen (secondary N) is 2. The highest BCUT2D eigenvalue weighted by Gasteiger charge is 2.42. The minimum atomic E-state index is -2.82. The quantitative estimate of drug-likeness (QED) is 0.842. The Balaban J connectivity index is 0.00000225. The van der Waals surface area contributed by atoms with Crippen molar-refractivity contribution in [2.75, 3.05) is 13.1 Å². The molecule has 0 spiro atoms. The summed E-state index contributed by atoms with van der Waals surface area (Å²) in [5.74, 6) is -3.57. The van der Waals surface area contributed by atoms with E-state index in [-0.39, 0.29) is 18.2 Å². The van der Waals surface area contributed by atoms with Crippen molar-refractivity contribution >= 4 is 18.3 Å². The maximum Gasteiger partial charge on any atom is 0.262 e. The summed E-state index contributed by atoms with van der Waals surface area (Å²) < 4.78 is 40.6. The fourth-order valence-electron chi connectivity index (χ4n) is 2.57. The van der Waals surface area contributed by atoms with Crippen LogP contribution < -0.4 is 10.6 Å². The molecule has 1 saturated heterocycles. The molecule has 0 aliphatic carbocycles. The SMILES string of the molecule is Cl.O=C(NCCc1ccn(-c2ccc(F)cc2)n1)C1CC(F)(F)CN1. The van der Waals surface area contributed by atoms with Gasteiger partial charge in [0.2, 0.25) is 5.91 Å². The van der Waals surface area contributed by atoms with Crippen LogP contribution in [0.15, 0.2) is 36.5 Å². The zero-order valence-electron chi connectivity index (χ0n) is 13.2. The van der Waals surface area contributed by atoms with E-state index in [1.807, 2.05) is 0 Å². The number of halogens is 4. The van der Waals surface area contributed by atoms with Crippen LogP contribution >= 0.6 is 12.4 Å². The van der Waals surface area contributed by atoms with Crippen LogP contribution in [-0.4, -0.2) is 40.7 Å². The molecular weight excluding hydrogens is 357 g/mol. The van der Waals surface area contributed by atoms with Gasteiger partial charge in [-0.15, -0.1) is 12.4 Å². The fraction of sp³-hybridized carbons (Fsp3) is 0.375. The second-order valence-electron chi connectivity index (χ2n) is 5.76. The number of amides is 1. The first kappa shape index (κ1) is 19.3. The minimum absolute atomic E-state index is 0. The van der Waals surface area contributed by atoms with Gasteiger partial charge in [0.1, 0.15) is 5.82 Å². The summed E-state index contributed by atoms with van der Waals surface area (Å²) in [6.45, 7) is -0.157. The van der Waals surface area contributed by atoms with Crippen molar-refractivity contribution in [3.05, 3.63) is 48.0 Å². The van der Waals surface area contributed by atoms with E-state index >= 15 is 0 Å². The molecule has 1 aliphatic heterocycles. The van der Waals surface area contributed by atoms with Gasteiger partial charge in [0.05, 0.1) is 24.0 Å². The molecule has 1 aromatic heterocycles. The van der Waals surface area contributed by atoms with E-state index in [0.29, 0.717) is 13.0 Å². The first-order valence-corrected chi connectivity index (χ1v) is 7.62. The predicted octanol–water partition coefficient (Wildman–Crippen LogP) is 2.09. The minimum Gasteiger partial charge on any atom is -0.354 e. The van der Waals surface area contributed by atoms with E-state index in [4.69, 9.17) is 0 Å². The van der Waals surface area contributed by atoms with Crippen LogP contribution in [0, 0.1) is 5.82 Å². The number of carbonyl (C=O) groups is 1. The van der Waals surface area contributed by atoms with Gasteiger partial charge in [0.25, 0.3) is 5.92 Å². The van der Waals surface area contributed by atoms with Crippen molar-refractivity contribution in [2.45, 2.75) is 24.8 Å². The van der Waals surface area contributed by atoms with Gasteiger partial charge in [-0.05, 0) is 30.3 Å². The summed E-state index contributed by atoms with van der Waals surface area (Å²) in [7, 11) is 0. The molecule has 1 aliphatic rings. The van der Waals surface area contributed by atoms with Gasteiger partial charge in [-0.2, -0.15) is 5.10 Å². The second-order valence-corrected chi connectivity index (χ2v) is 5.76. The lowest BCUT2D eigenvalue weighted by Crippen LogP contribution is -2.41. The molecule has 1 unspecified atom stereocenters. The average molecular weight is 375 g/mol. The molecule has 1 fully saturated rings. The van der Waals surface area contributed by atoms with Crippen LogP contribution in [0.5, 0.6) is 0 Å². The molecular formula is C16H18ClF3N4O. The molecule has 25 heavy (non-hydrogen) atoms. The number of alkyl halides is 2. The Morgan fingerprint density at radius 3 is 2.68 bits per heavy atom. The molecule has 2 aromatic rings. The van der Waals surface area contributed by atoms with E-state index in [2.05, 4.69) is 15.7 Å². The van der Waals surface area contributed by atoms with Gasteiger partial charge in [0, 0.05) is 25.6 Å². The number of hydrogen-bond acceptors (Lipinski definition) is 3. The molecule has 5 nitrogen and oxygen atoms in total. The third-order valence-corrected chi connectivity index (χ3v) is 3.84. The smallest absolute Gasteiger partial charge is 0.262 e. The largest absolute Gasteiger partial charge is 0.354 e. The van der Waals surface area contributed by atoms with Gasteiger partial charge in [-0.1, -0.05) is 0 Å². The molecule has 0 saturated carbocycles. The maximum atomic E-state index is 13.1. The van der Waals surface area contributed by atoms with Crippen molar-refractivity contribution in [1.82, 2.24) is 20.4 Å². The van der Waals surface area contributed by atoms with E-state index in [1.54, 1.807) is 29.1 Å². The summed E-state index contributed by atoms with van der Waals surface area (Å²) in [5, 5.41) is 9.48. The molecule has 3 rings (SSSR count). The number of aromatic nitrogens is 2. The highest BCUT2D eigenvalue weighted by atomic mass is 35.5. The zero-order valence-corrected chi connectivity index (χ0v) is 14.0. The van der Waals surface area contributed by atoms with E-state index < -0.39 is 30.8 Å². The molecule has 1 aromatic carbocycles. The number of hydrogen-bond donors (Lipinski definition) is 2. The van der Waals surface area contributed by atoms with E-state index in [0.717, 1.165) is 11.4 Å². The normalized spacial score (nSPS) is 18.6. The Bertz CT molecular complexity index is 720. The number of rotatable bonds is 5. The lowest BCUT2D eigenvalue weighted by Gasteiger charge is -2.10. The van der Waals surface area contributed by atoms with Crippen LogP contribution in [0.2, 0.25) is 0 Å². The molecule has 136 valence electrons. The lowest BCUT2D eigenvalue weighted by atomic mass is 10.2. The standard InChI is InChI=1S/C16H17F3N4O.ClH/c17-11-1-3-13(4-2-11)23-8-6-12(22-23)5-7-20-15(24)14-9-16(18,19)10-21-14;/h1-4,6,8,14,21H,5,7,9-10H2,(H,20,24);1H. The van der Waals surface area contributed by atoms with Crippen molar-refractivity contribution in [3.63, 3.8) is 0 Å². The van der Waals surface area contributed by atoms with Crippen molar-refractivity contribution < 1.29 is 18.0 Å². The van der Waals surface area contributed by atoms with Gasteiger partial charge in [0.15, 0.2) is 0 Å². The van der Waals surface area contributed by atoms with Crippen LogP contribution in [0.1, 0.15) is 12.1 Å². The Kier molecular flexibility index (Phi) is 6.07. The van der Waals surface area contributed by atoms with Gasteiger partial charge >= 0.3 is 0 Å². The Labute approximate surface area is 149 Å². The number of carbonyl (C=O) groups excluding carboxylic acids is 1. The average Bonchev–Trinajstić information content (AvgIpc) is 3.14. The van der Waals surface area contributed by atoms with Gasteiger partial charge in [-0.3, -0.25) is 10.1 Å². The Morgan fingerprint density at radius 1 is 1.32 bits per heavy atom. The predicted molar refractivity (Wildman–Crippen MR) is 88.8 cm³/mol. The van der Waals surface area contributed by atoms with E-state index in [1.165, 1.54) is 12.1 Å². The highest BCUT2D eigenvalue weighted by Crippen LogP contribution is 2.24. The summed E-state index contributed by atoms with van der Waals surface area (Å²) in [6.07, 6.45) is 1.74. The summed E-state index contributed by atoms with van der Waals surface area (Å²) in [5.41, 5.74) is 1.47. The monoisotopic (exact) mass is 374 g/mol. The molecule has 1 amide bonds. The first-order chi connectivity index (χ1) is 11.4. The molecule has 2 heterocycles. The second kappa shape index (κ2) is 7.88. The van der Waals surface area contributed by atoms with Crippen LogP contribution in [-0.2, 0) is 11.2 Å². The van der Waals surface area contributed by atoms with Crippen molar-refractivity contribution in [1.29, 1.82) is 0 Å². The Morgan fingerprint density at radius 2 is 2.04 bits per heavy atom. The van der Waals surface area contributed by atoms with Crippen molar-refractivity contribution in [2.24, 2.45) is 0 Å². The van der Waals surface area contributed by atoms with Gasteiger partial charge in [-0.25, -0.2) is 17.9 Å². The summed E-state index contributed by atoms with van der Waals surface area (Å²) in [4.78, 5) is 11.8. The third-order valence-electron chi connectivity index (χ3n) is 3.84. The third kappa shape index (κ3) is 4.96. The molecule has 0 radical (unpaired) electrons. The topological polar surface area (TPSA) is 59.0 Å². The summed E-state index contributed by atoms with van der Waals surface area (Å²) in [6, 6.07) is 6.86. The van der Waals surface area contributed by atoms with Crippen LogP contribution in [0.4, 0.5) is 13.2 Å². The maximum absolute atomic E-state index is 13.1. The number of nitrogens with zero attached hydrogens (tertiary/aromatic N) is 2. The van der Waals surface area contributed by atoms with Crippen molar-refractivity contribution in [3.8, 4) is 5.69 Å². The summed E-state index contributed by atoms with van der Waals surface area (Å²) >= 11 is 0. The van der Waals surface area contributed by atoms with Gasteiger partial charge < -0.3 is 5.32 Å². The van der Waals surface area contributed by atoms with Crippen LogP contribution in [0.25, 0.3) is 5.69 Å². The molecule has 1 atom stereocenters.